The van der Waals surface area contributed by atoms with Crippen LogP contribution in [0.15, 0.2) is 42.6 Å². The molecule has 0 spiro atoms. The molecule has 1 saturated heterocycles. The van der Waals surface area contributed by atoms with E-state index in [0.717, 1.165) is 59.5 Å². The summed E-state index contributed by atoms with van der Waals surface area (Å²) in [7, 11) is 0. The Morgan fingerprint density at radius 1 is 1.18 bits per heavy atom. The van der Waals surface area contributed by atoms with Gasteiger partial charge in [0.25, 0.3) is 0 Å². The van der Waals surface area contributed by atoms with Gasteiger partial charge in [-0.1, -0.05) is 24.3 Å². The Hall–Kier alpha value is -2.86. The van der Waals surface area contributed by atoms with Gasteiger partial charge in [0, 0.05) is 24.5 Å². The molecule has 4 N–H and O–H groups in total. The second-order valence-electron chi connectivity index (χ2n) is 7.51. The van der Waals surface area contributed by atoms with E-state index in [2.05, 4.69) is 57.3 Å². The van der Waals surface area contributed by atoms with Crippen molar-refractivity contribution in [3.8, 4) is 11.1 Å². The lowest BCUT2D eigenvalue weighted by Gasteiger charge is -2.24. The SMILES string of the molecule is CC(=O)N[C@@H](C)c1ccc(-c2cc(NC3CCNCC3)nc3[nH]ccc23)cc1. The minimum absolute atomic E-state index is 0.00611. The lowest BCUT2D eigenvalue weighted by Crippen LogP contribution is -2.35. The van der Waals surface area contributed by atoms with E-state index in [1.54, 1.807) is 6.92 Å². The van der Waals surface area contributed by atoms with Gasteiger partial charge in [-0.15, -0.1) is 0 Å². The van der Waals surface area contributed by atoms with Crippen molar-refractivity contribution in [3.63, 3.8) is 0 Å². The van der Waals surface area contributed by atoms with Gasteiger partial charge < -0.3 is 20.9 Å². The zero-order valence-corrected chi connectivity index (χ0v) is 16.4. The molecule has 6 nitrogen and oxygen atoms in total. The van der Waals surface area contributed by atoms with E-state index < -0.39 is 0 Å². The first-order chi connectivity index (χ1) is 13.6. The van der Waals surface area contributed by atoms with Crippen LogP contribution in [0.3, 0.4) is 0 Å². The molecule has 28 heavy (non-hydrogen) atoms. The summed E-state index contributed by atoms with van der Waals surface area (Å²) in [5.41, 5.74) is 4.27. The quantitative estimate of drug-likeness (QED) is 0.548. The number of benzene rings is 1. The maximum absolute atomic E-state index is 11.3. The maximum Gasteiger partial charge on any atom is 0.217 e. The lowest BCUT2D eigenvalue weighted by molar-refractivity contribution is -0.119. The number of aromatic nitrogens is 2. The van der Waals surface area contributed by atoms with Crippen LogP contribution in [0.25, 0.3) is 22.2 Å². The molecule has 1 aliphatic heterocycles. The van der Waals surface area contributed by atoms with E-state index >= 15 is 0 Å². The zero-order chi connectivity index (χ0) is 19.5. The van der Waals surface area contributed by atoms with Gasteiger partial charge in [0.05, 0.1) is 6.04 Å². The Kier molecular flexibility index (Phi) is 5.30. The smallest absolute Gasteiger partial charge is 0.217 e. The number of fused-ring (bicyclic) bond motifs is 1. The summed E-state index contributed by atoms with van der Waals surface area (Å²) < 4.78 is 0. The van der Waals surface area contributed by atoms with Gasteiger partial charge in [0.1, 0.15) is 11.5 Å². The molecule has 3 heterocycles. The van der Waals surface area contributed by atoms with Crippen molar-refractivity contribution in [2.45, 2.75) is 38.8 Å². The Morgan fingerprint density at radius 3 is 2.64 bits per heavy atom. The molecule has 0 radical (unpaired) electrons. The standard InChI is InChI=1S/C22H27N5O/c1-14(25-15(2)28)16-3-5-17(6-4-16)20-13-21(26-18-7-10-23-11-8-18)27-22-19(20)9-12-24-22/h3-6,9,12-14,18,23H,7-8,10-11H2,1-2H3,(H,25,28)(H2,24,26,27)/t14-/m0/s1. The van der Waals surface area contributed by atoms with Crippen LogP contribution in [0.5, 0.6) is 0 Å². The highest BCUT2D eigenvalue weighted by atomic mass is 16.1. The van der Waals surface area contributed by atoms with Gasteiger partial charge in [0.2, 0.25) is 5.91 Å². The number of hydrogen-bond donors (Lipinski definition) is 4. The van der Waals surface area contributed by atoms with Gasteiger partial charge in [-0.05, 0) is 61.7 Å². The third-order valence-electron chi connectivity index (χ3n) is 5.36. The van der Waals surface area contributed by atoms with Crippen molar-refractivity contribution < 1.29 is 4.79 Å². The van der Waals surface area contributed by atoms with Crippen molar-refractivity contribution in [3.05, 3.63) is 48.2 Å². The average molecular weight is 377 g/mol. The van der Waals surface area contributed by atoms with E-state index in [4.69, 9.17) is 4.98 Å². The Labute approximate surface area is 165 Å². The summed E-state index contributed by atoms with van der Waals surface area (Å²) in [5, 5.41) is 11.0. The Morgan fingerprint density at radius 2 is 1.93 bits per heavy atom. The average Bonchev–Trinajstić information content (AvgIpc) is 3.16. The fourth-order valence-corrected chi connectivity index (χ4v) is 3.87. The third kappa shape index (κ3) is 4.02. The van der Waals surface area contributed by atoms with E-state index in [0.29, 0.717) is 6.04 Å². The van der Waals surface area contributed by atoms with Gasteiger partial charge in [-0.25, -0.2) is 4.98 Å². The van der Waals surface area contributed by atoms with Gasteiger partial charge in [0.15, 0.2) is 0 Å². The maximum atomic E-state index is 11.3. The van der Waals surface area contributed by atoms with E-state index in [1.165, 1.54) is 0 Å². The Bertz CT molecular complexity index is 957. The number of rotatable bonds is 5. The van der Waals surface area contributed by atoms with Gasteiger partial charge in [-0.3, -0.25) is 4.79 Å². The lowest BCUT2D eigenvalue weighted by atomic mass is 9.99. The first-order valence-corrected chi connectivity index (χ1v) is 9.93. The predicted molar refractivity (Wildman–Crippen MR) is 113 cm³/mol. The third-order valence-corrected chi connectivity index (χ3v) is 5.36. The number of H-pyrrole nitrogens is 1. The van der Waals surface area contributed by atoms with Crippen molar-refractivity contribution >= 4 is 22.8 Å². The summed E-state index contributed by atoms with van der Waals surface area (Å²) in [4.78, 5) is 19.3. The second kappa shape index (κ2) is 8.02. The van der Waals surface area contributed by atoms with Gasteiger partial charge in [-0.2, -0.15) is 0 Å². The van der Waals surface area contributed by atoms with Crippen LogP contribution < -0.4 is 16.0 Å². The molecule has 0 bridgehead atoms. The number of hydrogen-bond acceptors (Lipinski definition) is 4. The monoisotopic (exact) mass is 377 g/mol. The number of pyridine rings is 1. The first kappa shape index (κ1) is 18.5. The summed E-state index contributed by atoms with van der Waals surface area (Å²) in [6, 6.07) is 13.0. The largest absolute Gasteiger partial charge is 0.367 e. The number of carbonyl (C=O) groups excluding carboxylic acids is 1. The van der Waals surface area contributed by atoms with Crippen LogP contribution in [-0.4, -0.2) is 35.0 Å². The molecule has 3 aromatic rings. The van der Waals surface area contributed by atoms with Crippen molar-refractivity contribution in [2.24, 2.45) is 0 Å². The number of carbonyl (C=O) groups is 1. The van der Waals surface area contributed by atoms with Crippen LogP contribution in [0, 0.1) is 0 Å². The molecule has 0 saturated carbocycles. The van der Waals surface area contributed by atoms with Crippen LogP contribution in [0.1, 0.15) is 38.3 Å². The molecule has 146 valence electrons. The van der Waals surface area contributed by atoms with Crippen LogP contribution in [0.4, 0.5) is 5.82 Å². The molecular weight excluding hydrogens is 350 g/mol. The molecule has 1 atom stereocenters. The van der Waals surface area contributed by atoms with Crippen LogP contribution in [0.2, 0.25) is 0 Å². The number of amides is 1. The molecule has 6 heteroatoms. The molecule has 2 aromatic heterocycles. The molecule has 1 aliphatic rings. The number of anilines is 1. The molecule has 0 aliphatic carbocycles. The number of piperidine rings is 1. The summed E-state index contributed by atoms with van der Waals surface area (Å²) >= 11 is 0. The highest BCUT2D eigenvalue weighted by Gasteiger charge is 2.15. The molecule has 1 fully saturated rings. The number of nitrogens with zero attached hydrogens (tertiary/aromatic N) is 1. The second-order valence-corrected chi connectivity index (χ2v) is 7.51. The number of nitrogens with one attached hydrogen (secondary N) is 4. The minimum atomic E-state index is -0.0200. The molecule has 0 unspecified atom stereocenters. The summed E-state index contributed by atoms with van der Waals surface area (Å²) in [5.74, 6) is 0.890. The topological polar surface area (TPSA) is 81.8 Å². The van der Waals surface area contributed by atoms with Crippen LogP contribution in [-0.2, 0) is 4.79 Å². The zero-order valence-electron chi connectivity index (χ0n) is 16.4. The fourth-order valence-electron chi connectivity index (χ4n) is 3.87. The highest BCUT2D eigenvalue weighted by molar-refractivity contribution is 5.94. The van der Waals surface area contributed by atoms with E-state index in [-0.39, 0.29) is 11.9 Å². The molecule has 1 amide bonds. The summed E-state index contributed by atoms with van der Waals surface area (Å²) in [6.45, 7) is 5.63. The minimum Gasteiger partial charge on any atom is -0.367 e. The Balaban J connectivity index is 1.63. The molecular formula is C22H27N5O. The normalized spacial score (nSPS) is 16.1. The highest BCUT2D eigenvalue weighted by Crippen LogP contribution is 2.31. The fraction of sp³-hybridized carbons (Fsp3) is 0.364. The number of aromatic amines is 1. The molecule has 4 rings (SSSR count). The van der Waals surface area contributed by atoms with Gasteiger partial charge >= 0.3 is 0 Å². The van der Waals surface area contributed by atoms with Crippen LogP contribution >= 0.6 is 0 Å². The molecule has 1 aromatic carbocycles. The predicted octanol–water partition coefficient (Wildman–Crippen LogP) is 3.59. The van der Waals surface area contributed by atoms with Crippen molar-refractivity contribution in [2.75, 3.05) is 18.4 Å². The van der Waals surface area contributed by atoms with Crippen molar-refractivity contribution in [1.29, 1.82) is 0 Å². The van der Waals surface area contributed by atoms with E-state index in [1.807, 2.05) is 13.1 Å². The van der Waals surface area contributed by atoms with Crippen molar-refractivity contribution in [1.82, 2.24) is 20.6 Å². The first-order valence-electron chi connectivity index (χ1n) is 9.93. The van der Waals surface area contributed by atoms with E-state index in [9.17, 15) is 4.79 Å². The summed E-state index contributed by atoms with van der Waals surface area (Å²) in [6.07, 6.45) is 4.15.